The lowest BCUT2D eigenvalue weighted by Gasteiger charge is -2.19. The zero-order valence-electron chi connectivity index (χ0n) is 42.5. The van der Waals surface area contributed by atoms with Crippen LogP contribution in [0.4, 0.5) is 0 Å². The monoisotopic (exact) mass is 898 g/mol. The summed E-state index contributed by atoms with van der Waals surface area (Å²) in [5.41, 5.74) is 0. The van der Waals surface area contributed by atoms with Crippen molar-refractivity contribution in [2.45, 2.75) is 296 Å². The van der Waals surface area contributed by atoms with Gasteiger partial charge in [0, 0.05) is 12.8 Å². The second-order valence-corrected chi connectivity index (χ2v) is 18.9. The van der Waals surface area contributed by atoms with E-state index in [0.29, 0.717) is 19.4 Å². The number of aliphatic hydroxyl groups is 2. The van der Waals surface area contributed by atoms with Crippen molar-refractivity contribution in [2.75, 3.05) is 13.2 Å². The first kappa shape index (κ1) is 61.8. The molecule has 0 bridgehead atoms. The molecule has 0 aromatic rings. The number of carbonyl (C=O) groups is 2. The van der Waals surface area contributed by atoms with Crippen molar-refractivity contribution in [1.29, 1.82) is 0 Å². The maximum Gasteiger partial charge on any atom is 0.305 e. The maximum absolute atomic E-state index is 12.4. The topological polar surface area (TPSA) is 95.9 Å². The molecule has 0 radical (unpaired) electrons. The summed E-state index contributed by atoms with van der Waals surface area (Å²) in [6.45, 7) is 4.74. The normalized spacial score (nSPS) is 13.0. The van der Waals surface area contributed by atoms with E-state index in [2.05, 4.69) is 55.6 Å². The minimum atomic E-state index is -0.878. The number of allylic oxidation sites excluding steroid dienone is 7. The van der Waals surface area contributed by atoms with Crippen LogP contribution in [0.3, 0.4) is 0 Å². The first-order valence-electron chi connectivity index (χ1n) is 27.9. The van der Waals surface area contributed by atoms with Crippen LogP contribution in [0.25, 0.3) is 0 Å². The summed E-state index contributed by atoms with van der Waals surface area (Å²) in [5.74, 6) is -0.182. The summed E-state index contributed by atoms with van der Waals surface area (Å²) in [6.07, 6.45) is 67.1. The van der Waals surface area contributed by atoms with Crippen LogP contribution in [0.2, 0.25) is 0 Å². The van der Waals surface area contributed by atoms with E-state index in [1.54, 1.807) is 6.08 Å². The van der Waals surface area contributed by atoms with E-state index >= 15 is 0 Å². The number of amides is 1. The van der Waals surface area contributed by atoms with Crippen LogP contribution in [0.15, 0.2) is 48.6 Å². The van der Waals surface area contributed by atoms with E-state index in [1.807, 2.05) is 6.08 Å². The molecule has 3 N–H and O–H groups in total. The van der Waals surface area contributed by atoms with E-state index in [0.717, 1.165) is 83.5 Å². The van der Waals surface area contributed by atoms with Gasteiger partial charge in [0.1, 0.15) is 0 Å². The van der Waals surface area contributed by atoms with Crippen molar-refractivity contribution in [3.63, 3.8) is 0 Å². The summed E-state index contributed by atoms with van der Waals surface area (Å²) in [7, 11) is 0. The fourth-order valence-corrected chi connectivity index (χ4v) is 8.26. The smallest absolute Gasteiger partial charge is 0.305 e. The van der Waals surface area contributed by atoms with Crippen LogP contribution in [0.1, 0.15) is 284 Å². The van der Waals surface area contributed by atoms with Gasteiger partial charge in [0.05, 0.1) is 25.4 Å². The Hall–Kier alpha value is -2.18. The van der Waals surface area contributed by atoms with Crippen molar-refractivity contribution in [2.24, 2.45) is 0 Å². The molecule has 0 aliphatic carbocycles. The lowest BCUT2D eigenvalue weighted by atomic mass is 10.0. The molecule has 2 unspecified atom stereocenters. The molecule has 2 atom stereocenters. The summed E-state index contributed by atoms with van der Waals surface area (Å²) < 4.78 is 5.42. The summed E-state index contributed by atoms with van der Waals surface area (Å²) in [4.78, 5) is 24.5. The maximum atomic E-state index is 12.4. The molecular weight excluding hydrogens is 791 g/mol. The van der Waals surface area contributed by atoms with Gasteiger partial charge in [0.25, 0.3) is 0 Å². The van der Waals surface area contributed by atoms with Crippen LogP contribution >= 0.6 is 0 Å². The predicted octanol–water partition coefficient (Wildman–Crippen LogP) is 17.0. The van der Waals surface area contributed by atoms with Crippen molar-refractivity contribution in [1.82, 2.24) is 5.32 Å². The number of nitrogens with one attached hydrogen (secondary N) is 1. The van der Waals surface area contributed by atoms with Crippen molar-refractivity contribution in [3.8, 4) is 0 Å². The van der Waals surface area contributed by atoms with Gasteiger partial charge in [-0.05, 0) is 77.0 Å². The second kappa shape index (κ2) is 53.4. The Morgan fingerprint density at radius 3 is 1.30 bits per heavy atom. The SMILES string of the molecule is CCC/C=C\C/C=C\CCCCCCCC(=O)OCCCCCC/C=C\CCCC(=O)NC(CO)C(O)/C=C/CCCCCCCCCCCCCCCCCCCCCCCCC. The Kier molecular flexibility index (Phi) is 51.6. The predicted molar refractivity (Wildman–Crippen MR) is 278 cm³/mol. The fourth-order valence-electron chi connectivity index (χ4n) is 8.26. The van der Waals surface area contributed by atoms with Gasteiger partial charge in [-0.3, -0.25) is 9.59 Å². The molecule has 0 saturated carbocycles. The molecule has 0 spiro atoms. The van der Waals surface area contributed by atoms with Gasteiger partial charge in [0.15, 0.2) is 0 Å². The first-order chi connectivity index (χ1) is 31.5. The van der Waals surface area contributed by atoms with E-state index in [-0.39, 0.29) is 18.5 Å². The Morgan fingerprint density at radius 1 is 0.438 bits per heavy atom. The minimum absolute atomic E-state index is 0.0534. The highest BCUT2D eigenvalue weighted by atomic mass is 16.5. The van der Waals surface area contributed by atoms with Gasteiger partial charge in [-0.15, -0.1) is 0 Å². The molecule has 0 aliphatic heterocycles. The molecule has 0 rings (SSSR count). The average molecular weight is 898 g/mol. The number of unbranched alkanes of at least 4 members (excludes halogenated alkanes) is 34. The third kappa shape index (κ3) is 49.3. The molecule has 1 amide bonds. The van der Waals surface area contributed by atoms with Crippen LogP contribution in [-0.4, -0.2) is 47.4 Å². The standard InChI is InChI=1S/C58H107NO5/c1-3-5-7-9-11-13-15-17-18-19-20-21-22-23-24-25-26-27-28-30-31-34-38-42-46-50-56(61)55(54-60)59-57(62)51-47-43-39-35-33-37-41-45-49-53-64-58(63)52-48-44-40-36-32-29-16-14-12-10-8-6-4-2/h8,10,14,16,35,39,46,50,55-56,60-61H,3-7,9,11-13,15,17-34,36-38,40-45,47-49,51-54H2,1-2H3,(H,59,62)/b10-8-,16-14-,39-35-,50-46+. The van der Waals surface area contributed by atoms with Crippen LogP contribution in [0, 0.1) is 0 Å². The highest BCUT2D eigenvalue weighted by molar-refractivity contribution is 5.76. The fraction of sp³-hybridized carbons (Fsp3) is 0.828. The lowest BCUT2D eigenvalue weighted by molar-refractivity contribution is -0.143. The van der Waals surface area contributed by atoms with Crippen LogP contribution in [-0.2, 0) is 14.3 Å². The molecule has 0 aliphatic rings. The largest absolute Gasteiger partial charge is 0.466 e. The molecule has 6 nitrogen and oxygen atoms in total. The number of hydrogen-bond donors (Lipinski definition) is 3. The summed E-state index contributed by atoms with van der Waals surface area (Å²) in [6, 6.07) is -0.669. The second-order valence-electron chi connectivity index (χ2n) is 18.9. The number of aliphatic hydroxyl groups excluding tert-OH is 2. The van der Waals surface area contributed by atoms with E-state index in [1.165, 1.54) is 173 Å². The quantitative estimate of drug-likeness (QED) is 0.0321. The zero-order valence-corrected chi connectivity index (χ0v) is 42.5. The number of hydrogen-bond acceptors (Lipinski definition) is 5. The summed E-state index contributed by atoms with van der Waals surface area (Å²) in [5, 5.41) is 23.1. The Morgan fingerprint density at radius 2 is 0.828 bits per heavy atom. The van der Waals surface area contributed by atoms with Crippen molar-refractivity contribution >= 4 is 11.9 Å². The molecule has 0 fully saturated rings. The molecular formula is C58H107NO5. The molecule has 64 heavy (non-hydrogen) atoms. The molecule has 0 saturated heterocycles. The minimum Gasteiger partial charge on any atom is -0.466 e. The molecule has 0 aromatic carbocycles. The molecule has 374 valence electrons. The molecule has 6 heteroatoms. The molecule has 0 aromatic heterocycles. The highest BCUT2D eigenvalue weighted by Crippen LogP contribution is 2.16. The Labute approximate surface area is 397 Å². The highest BCUT2D eigenvalue weighted by Gasteiger charge is 2.18. The first-order valence-corrected chi connectivity index (χ1v) is 27.9. The Bertz CT molecular complexity index is 1080. The van der Waals surface area contributed by atoms with E-state index in [4.69, 9.17) is 4.74 Å². The van der Waals surface area contributed by atoms with Gasteiger partial charge in [-0.25, -0.2) is 0 Å². The van der Waals surface area contributed by atoms with Gasteiger partial charge in [-0.1, -0.05) is 242 Å². The number of rotatable bonds is 51. The van der Waals surface area contributed by atoms with Gasteiger partial charge >= 0.3 is 5.97 Å². The zero-order chi connectivity index (χ0) is 46.5. The molecule has 0 heterocycles. The Balaban J connectivity index is 3.57. The van der Waals surface area contributed by atoms with E-state index in [9.17, 15) is 19.8 Å². The van der Waals surface area contributed by atoms with Gasteiger partial charge < -0.3 is 20.3 Å². The van der Waals surface area contributed by atoms with Crippen LogP contribution in [0.5, 0.6) is 0 Å². The number of esters is 1. The number of carbonyl (C=O) groups excluding carboxylic acids is 2. The lowest BCUT2D eigenvalue weighted by Crippen LogP contribution is -2.45. The third-order valence-electron chi connectivity index (χ3n) is 12.5. The van der Waals surface area contributed by atoms with Gasteiger partial charge in [0.2, 0.25) is 5.91 Å². The van der Waals surface area contributed by atoms with E-state index < -0.39 is 12.1 Å². The van der Waals surface area contributed by atoms with Crippen LogP contribution < -0.4 is 5.32 Å². The number of ether oxygens (including phenoxy) is 1. The van der Waals surface area contributed by atoms with Gasteiger partial charge in [-0.2, -0.15) is 0 Å². The summed E-state index contributed by atoms with van der Waals surface area (Å²) >= 11 is 0. The van der Waals surface area contributed by atoms with Crippen molar-refractivity contribution in [3.05, 3.63) is 48.6 Å². The average Bonchev–Trinajstić information content (AvgIpc) is 3.29. The van der Waals surface area contributed by atoms with Crippen molar-refractivity contribution < 1.29 is 24.5 Å². The third-order valence-corrected chi connectivity index (χ3v) is 12.5.